The second-order valence-electron chi connectivity index (χ2n) is 5.41. The number of hydrogen-bond donors (Lipinski definition) is 0. The van der Waals surface area contributed by atoms with Crippen molar-refractivity contribution in [3.8, 4) is 11.5 Å². The van der Waals surface area contributed by atoms with E-state index >= 15 is 0 Å². The van der Waals surface area contributed by atoms with E-state index in [1.54, 1.807) is 0 Å². The van der Waals surface area contributed by atoms with Crippen molar-refractivity contribution in [2.24, 2.45) is 0 Å². The zero-order valence-electron chi connectivity index (χ0n) is 11.2. The first-order valence-electron chi connectivity index (χ1n) is 6.24. The predicted octanol–water partition coefficient (Wildman–Crippen LogP) is 4.86. The minimum atomic E-state index is -1.26. The van der Waals surface area contributed by atoms with Gasteiger partial charge in [-0.05, 0) is 59.2 Å². The average Bonchev–Trinajstić information content (AvgIpc) is 2.25. The lowest BCUT2D eigenvalue weighted by Crippen LogP contribution is -2.16. The van der Waals surface area contributed by atoms with Gasteiger partial charge in [0.25, 0.3) is 0 Å². The summed E-state index contributed by atoms with van der Waals surface area (Å²) in [6, 6.07) is 6.61. The first-order valence-corrected chi connectivity index (χ1v) is 10.8. The van der Waals surface area contributed by atoms with Gasteiger partial charge in [0.05, 0.1) is 0 Å². The number of rotatable bonds is 3. The highest BCUT2D eigenvalue weighted by molar-refractivity contribution is 14.1. The van der Waals surface area contributed by atoms with Gasteiger partial charge in [-0.25, -0.2) is 0 Å². The first kappa shape index (κ1) is 14.8. The van der Waals surface area contributed by atoms with Crippen LogP contribution in [0.5, 0.6) is 0 Å². The Balaban J connectivity index is 2.91. The lowest BCUT2D eigenvalue weighted by molar-refractivity contribution is 0.792. The molecule has 0 aliphatic carbocycles. The van der Waals surface area contributed by atoms with E-state index in [9.17, 15) is 0 Å². The fourth-order valence-corrected chi connectivity index (χ4v) is 2.60. The summed E-state index contributed by atoms with van der Waals surface area (Å²) in [5.74, 6) is 3.34. The number of halogens is 1. The summed E-state index contributed by atoms with van der Waals surface area (Å²) in [5.41, 5.74) is 6.06. The topological polar surface area (TPSA) is 0 Å². The minimum absolute atomic E-state index is 1.18. The maximum absolute atomic E-state index is 3.43. The van der Waals surface area contributed by atoms with Crippen molar-refractivity contribution in [2.75, 3.05) is 0 Å². The lowest BCUT2D eigenvalue weighted by atomic mass is 10.1. The molecular weight excluding hydrogens is 335 g/mol. The molecule has 0 spiro atoms. The summed E-state index contributed by atoms with van der Waals surface area (Å²) in [7, 11) is -1.26. The maximum atomic E-state index is 3.43. The van der Waals surface area contributed by atoms with Gasteiger partial charge in [0, 0.05) is 9.13 Å². The summed E-state index contributed by atoms with van der Waals surface area (Å²) in [6.07, 6.45) is 3.69. The standard InChI is InChI=1S/C15H21ISi/c1-5-6-7-14-12-13(8-9-15(14)16)10-11-17(2,3)4/h8-9,12H,5-7H2,1-4H3. The van der Waals surface area contributed by atoms with Crippen molar-refractivity contribution in [1.82, 2.24) is 0 Å². The van der Waals surface area contributed by atoms with Gasteiger partial charge in [0.15, 0.2) is 0 Å². The highest BCUT2D eigenvalue weighted by Crippen LogP contribution is 2.16. The molecule has 17 heavy (non-hydrogen) atoms. The Labute approximate surface area is 120 Å². The van der Waals surface area contributed by atoms with Gasteiger partial charge >= 0.3 is 0 Å². The van der Waals surface area contributed by atoms with E-state index < -0.39 is 8.07 Å². The van der Waals surface area contributed by atoms with Crippen LogP contribution >= 0.6 is 22.6 Å². The van der Waals surface area contributed by atoms with Crippen LogP contribution in [0.25, 0.3) is 0 Å². The molecule has 0 fully saturated rings. The fourth-order valence-electron chi connectivity index (χ4n) is 1.47. The third-order valence-corrected chi connectivity index (χ3v) is 4.35. The number of aryl methyl sites for hydroxylation is 1. The molecule has 2 heteroatoms. The molecule has 0 saturated carbocycles. The summed E-state index contributed by atoms with van der Waals surface area (Å²) in [5, 5.41) is 0. The average molecular weight is 356 g/mol. The lowest BCUT2D eigenvalue weighted by Gasteiger charge is -2.06. The van der Waals surface area contributed by atoms with Crippen molar-refractivity contribution in [3.63, 3.8) is 0 Å². The summed E-state index contributed by atoms with van der Waals surface area (Å²) in [4.78, 5) is 0. The van der Waals surface area contributed by atoms with E-state index in [1.165, 1.54) is 34.0 Å². The largest absolute Gasteiger partial charge is 0.129 e. The van der Waals surface area contributed by atoms with Gasteiger partial charge in [-0.2, -0.15) is 0 Å². The molecule has 0 aromatic heterocycles. The Kier molecular flexibility index (Phi) is 5.74. The molecule has 0 heterocycles. The van der Waals surface area contributed by atoms with Crippen molar-refractivity contribution >= 4 is 30.7 Å². The molecule has 1 aromatic rings. The third kappa shape index (κ3) is 5.74. The molecule has 1 rings (SSSR count). The first-order chi connectivity index (χ1) is 7.92. The third-order valence-electron chi connectivity index (χ3n) is 2.43. The van der Waals surface area contributed by atoms with Gasteiger partial charge in [-0.1, -0.05) is 38.9 Å². The van der Waals surface area contributed by atoms with Crippen molar-refractivity contribution in [1.29, 1.82) is 0 Å². The fraction of sp³-hybridized carbons (Fsp3) is 0.467. The minimum Gasteiger partial charge on any atom is -0.127 e. The van der Waals surface area contributed by atoms with Crippen LogP contribution in [0.3, 0.4) is 0 Å². The predicted molar refractivity (Wildman–Crippen MR) is 88.0 cm³/mol. The SMILES string of the molecule is CCCCc1cc(C#C[Si](C)(C)C)ccc1I. The molecule has 0 aliphatic rings. The normalized spacial score (nSPS) is 10.9. The smallest absolute Gasteiger partial charge is 0.127 e. The van der Waals surface area contributed by atoms with Gasteiger partial charge in [-0.3, -0.25) is 0 Å². The van der Waals surface area contributed by atoms with Crippen LogP contribution in [0.1, 0.15) is 30.9 Å². The van der Waals surface area contributed by atoms with Crippen molar-refractivity contribution in [2.45, 2.75) is 45.8 Å². The number of benzene rings is 1. The second kappa shape index (κ2) is 6.60. The van der Waals surface area contributed by atoms with Crippen molar-refractivity contribution < 1.29 is 0 Å². The summed E-state index contributed by atoms with van der Waals surface area (Å²) >= 11 is 2.42. The Morgan fingerprint density at radius 2 is 1.94 bits per heavy atom. The summed E-state index contributed by atoms with van der Waals surface area (Å²) < 4.78 is 1.37. The van der Waals surface area contributed by atoms with E-state index in [-0.39, 0.29) is 0 Å². The monoisotopic (exact) mass is 356 g/mol. The molecule has 92 valence electrons. The second-order valence-corrected chi connectivity index (χ2v) is 11.3. The molecule has 0 saturated heterocycles. The molecule has 0 amide bonds. The Morgan fingerprint density at radius 1 is 1.24 bits per heavy atom. The van der Waals surface area contributed by atoms with Crippen LogP contribution in [-0.2, 0) is 6.42 Å². The Hall–Kier alpha value is -0.273. The zero-order chi connectivity index (χ0) is 12.9. The van der Waals surface area contributed by atoms with Crippen LogP contribution in [0.15, 0.2) is 18.2 Å². The van der Waals surface area contributed by atoms with Gasteiger partial charge in [0.2, 0.25) is 0 Å². The quantitative estimate of drug-likeness (QED) is 0.412. The van der Waals surface area contributed by atoms with E-state index in [0.29, 0.717) is 0 Å². The molecule has 1 aromatic carbocycles. The van der Waals surface area contributed by atoms with E-state index in [2.05, 4.69) is 78.8 Å². The van der Waals surface area contributed by atoms with Gasteiger partial charge < -0.3 is 0 Å². The van der Waals surface area contributed by atoms with Crippen molar-refractivity contribution in [3.05, 3.63) is 32.9 Å². The van der Waals surface area contributed by atoms with E-state index in [4.69, 9.17) is 0 Å². The van der Waals surface area contributed by atoms with Crippen LogP contribution in [-0.4, -0.2) is 8.07 Å². The number of hydrogen-bond acceptors (Lipinski definition) is 0. The van der Waals surface area contributed by atoms with E-state index in [0.717, 1.165) is 0 Å². The molecular formula is C15H21ISi. The number of unbranched alkanes of at least 4 members (excludes halogenated alkanes) is 1. The zero-order valence-corrected chi connectivity index (χ0v) is 14.4. The highest BCUT2D eigenvalue weighted by atomic mass is 127. The molecule has 0 bridgehead atoms. The highest BCUT2D eigenvalue weighted by Gasteiger charge is 2.07. The van der Waals surface area contributed by atoms with Crippen LogP contribution in [0.2, 0.25) is 19.6 Å². The molecule has 0 unspecified atom stereocenters. The Bertz CT molecular complexity index is 432. The van der Waals surface area contributed by atoms with Gasteiger partial charge in [0.1, 0.15) is 8.07 Å². The van der Waals surface area contributed by atoms with E-state index in [1.807, 2.05) is 0 Å². The maximum Gasteiger partial charge on any atom is 0.129 e. The molecule has 0 atom stereocenters. The summed E-state index contributed by atoms with van der Waals surface area (Å²) in [6.45, 7) is 9.09. The molecule has 0 N–H and O–H groups in total. The van der Waals surface area contributed by atoms with Gasteiger partial charge in [-0.15, -0.1) is 5.54 Å². The van der Waals surface area contributed by atoms with Crippen LogP contribution < -0.4 is 0 Å². The molecule has 0 radical (unpaired) electrons. The molecule has 0 aliphatic heterocycles. The van der Waals surface area contributed by atoms with Crippen LogP contribution in [0.4, 0.5) is 0 Å². The molecule has 0 nitrogen and oxygen atoms in total. The van der Waals surface area contributed by atoms with Crippen LogP contribution in [0, 0.1) is 15.0 Å². The Morgan fingerprint density at radius 3 is 2.53 bits per heavy atom.